The molecule has 38 heavy (non-hydrogen) atoms. The van der Waals surface area contributed by atoms with Crippen molar-refractivity contribution in [1.82, 2.24) is 0 Å². The minimum absolute atomic E-state index is 0.238. The molecule has 2 aromatic carbocycles. The molecule has 0 amide bonds. The van der Waals surface area contributed by atoms with Gasteiger partial charge in [0.25, 0.3) is 0 Å². The van der Waals surface area contributed by atoms with Crippen LogP contribution in [0.15, 0.2) is 42.5 Å². The number of esters is 1. The van der Waals surface area contributed by atoms with Gasteiger partial charge in [-0.2, -0.15) is 0 Å². The zero-order chi connectivity index (χ0) is 27.6. The van der Waals surface area contributed by atoms with Gasteiger partial charge in [-0.15, -0.1) is 0 Å². The van der Waals surface area contributed by atoms with Gasteiger partial charge >= 0.3 is 11.9 Å². The van der Waals surface area contributed by atoms with E-state index in [1.807, 2.05) is 0 Å². The maximum atomic E-state index is 13.1. The van der Waals surface area contributed by atoms with Crippen molar-refractivity contribution in [2.45, 2.75) is 97.3 Å². The van der Waals surface area contributed by atoms with Gasteiger partial charge in [0.2, 0.25) is 0 Å². The number of carboxylic acid groups (broad SMARTS) is 1. The quantitative estimate of drug-likeness (QED) is 0.108. The highest BCUT2D eigenvalue weighted by Crippen LogP contribution is 2.24. The van der Waals surface area contributed by atoms with Gasteiger partial charge in [0, 0.05) is 16.7 Å². The van der Waals surface area contributed by atoms with Crippen LogP contribution in [0, 0.1) is 0 Å². The zero-order valence-corrected chi connectivity index (χ0v) is 23.1. The Morgan fingerprint density at radius 2 is 1.29 bits per heavy atom. The molecule has 1 N–H and O–H groups in total. The van der Waals surface area contributed by atoms with Crippen LogP contribution in [0.4, 0.5) is 0 Å². The second kappa shape index (κ2) is 18.2. The molecule has 0 atom stereocenters. The predicted molar refractivity (Wildman–Crippen MR) is 150 cm³/mol. The van der Waals surface area contributed by atoms with Gasteiger partial charge in [0.05, 0.1) is 25.2 Å². The van der Waals surface area contributed by atoms with Crippen LogP contribution in [0.25, 0.3) is 0 Å². The second-order valence-electron chi connectivity index (χ2n) is 9.76. The fourth-order valence-corrected chi connectivity index (χ4v) is 4.46. The van der Waals surface area contributed by atoms with E-state index in [4.69, 9.17) is 9.47 Å². The molecule has 0 bridgehead atoms. The summed E-state index contributed by atoms with van der Waals surface area (Å²) in [5.74, 6) is -1.29. The highest BCUT2D eigenvalue weighted by Gasteiger charge is 2.16. The van der Waals surface area contributed by atoms with E-state index in [-0.39, 0.29) is 18.8 Å². The lowest BCUT2D eigenvalue weighted by Gasteiger charge is -2.12. The van der Waals surface area contributed by atoms with E-state index in [0.717, 1.165) is 12.8 Å². The highest BCUT2D eigenvalue weighted by molar-refractivity contribution is 6.10. The number of hydrogen-bond acceptors (Lipinski definition) is 5. The zero-order valence-electron chi connectivity index (χ0n) is 23.1. The number of unbranched alkanes of at least 4 members (excludes halogenated alkanes) is 11. The lowest BCUT2D eigenvalue weighted by atomic mass is 9.98. The summed E-state index contributed by atoms with van der Waals surface area (Å²) in [7, 11) is 0. The van der Waals surface area contributed by atoms with Crippen molar-refractivity contribution >= 4 is 17.7 Å². The number of carbonyl (C=O) groups is 3. The van der Waals surface area contributed by atoms with E-state index in [1.54, 1.807) is 43.3 Å². The molecule has 0 saturated carbocycles. The summed E-state index contributed by atoms with van der Waals surface area (Å²) < 4.78 is 10.9. The molecule has 2 aromatic rings. The van der Waals surface area contributed by atoms with Crippen molar-refractivity contribution in [3.63, 3.8) is 0 Å². The molecule has 0 aliphatic heterocycles. The fourth-order valence-electron chi connectivity index (χ4n) is 4.46. The third kappa shape index (κ3) is 11.5. The topological polar surface area (TPSA) is 89.9 Å². The van der Waals surface area contributed by atoms with Crippen LogP contribution in [0.2, 0.25) is 0 Å². The van der Waals surface area contributed by atoms with E-state index in [2.05, 4.69) is 6.92 Å². The molecule has 208 valence electrons. The lowest BCUT2D eigenvalue weighted by molar-refractivity contribution is -0.136. The Morgan fingerprint density at radius 3 is 1.89 bits per heavy atom. The number of ether oxygens (including phenoxy) is 2. The van der Waals surface area contributed by atoms with Gasteiger partial charge in [-0.3, -0.25) is 9.59 Å². The van der Waals surface area contributed by atoms with E-state index >= 15 is 0 Å². The number of ketones is 1. The first-order valence-electron chi connectivity index (χ1n) is 14.3. The van der Waals surface area contributed by atoms with E-state index in [1.165, 1.54) is 70.3 Å². The number of rotatable bonds is 20. The number of carboxylic acids is 1. The molecular formula is C32H44O6. The lowest BCUT2D eigenvalue weighted by Crippen LogP contribution is -2.09. The molecule has 0 unspecified atom stereocenters. The third-order valence-corrected chi connectivity index (χ3v) is 6.56. The van der Waals surface area contributed by atoms with Crippen molar-refractivity contribution in [3.05, 3.63) is 64.7 Å². The van der Waals surface area contributed by atoms with Gasteiger partial charge < -0.3 is 14.6 Å². The van der Waals surface area contributed by atoms with Crippen LogP contribution in [-0.2, 0) is 16.0 Å². The van der Waals surface area contributed by atoms with Crippen LogP contribution < -0.4 is 4.74 Å². The molecule has 0 aliphatic carbocycles. The number of benzene rings is 2. The van der Waals surface area contributed by atoms with Crippen molar-refractivity contribution in [3.8, 4) is 5.75 Å². The van der Waals surface area contributed by atoms with Crippen molar-refractivity contribution in [2.24, 2.45) is 0 Å². The van der Waals surface area contributed by atoms with Crippen LogP contribution in [0.3, 0.4) is 0 Å². The Labute approximate surface area is 227 Å². The molecule has 6 heteroatoms. The van der Waals surface area contributed by atoms with Gasteiger partial charge in [-0.25, -0.2) is 4.79 Å². The highest BCUT2D eigenvalue weighted by atomic mass is 16.5. The van der Waals surface area contributed by atoms with E-state index < -0.39 is 11.9 Å². The Morgan fingerprint density at radius 1 is 0.711 bits per heavy atom. The second-order valence-corrected chi connectivity index (χ2v) is 9.76. The predicted octanol–water partition coefficient (Wildman–Crippen LogP) is 7.80. The summed E-state index contributed by atoms with van der Waals surface area (Å²) in [4.78, 5) is 36.6. The summed E-state index contributed by atoms with van der Waals surface area (Å²) in [5, 5.41) is 9.38. The van der Waals surface area contributed by atoms with Gasteiger partial charge in [0.1, 0.15) is 5.75 Å². The third-order valence-electron chi connectivity index (χ3n) is 6.56. The standard InChI is InChI=1S/C32H44O6/c1-3-5-6-7-8-9-10-11-12-13-14-15-21-38-29-20-19-26(23-28(29)24-30(33)34)31(35)25-17-16-18-27(22-25)32(36)37-4-2/h16-20,22-23H,3-15,21,24H2,1-2H3,(H,33,34). The molecular weight excluding hydrogens is 480 g/mol. The van der Waals surface area contributed by atoms with Crippen molar-refractivity contribution < 1.29 is 29.0 Å². The summed E-state index contributed by atoms with van der Waals surface area (Å²) in [6, 6.07) is 11.2. The van der Waals surface area contributed by atoms with Gasteiger partial charge in [0.15, 0.2) is 5.78 Å². The molecule has 0 heterocycles. The first-order chi connectivity index (χ1) is 18.5. The summed E-state index contributed by atoms with van der Waals surface area (Å²) >= 11 is 0. The van der Waals surface area contributed by atoms with Crippen LogP contribution in [0.5, 0.6) is 5.75 Å². The van der Waals surface area contributed by atoms with E-state index in [9.17, 15) is 19.5 Å². The number of hydrogen-bond donors (Lipinski definition) is 1. The number of aliphatic carboxylic acids is 1. The SMILES string of the molecule is CCCCCCCCCCCCCCOc1ccc(C(=O)c2cccc(C(=O)OCC)c2)cc1CC(=O)O. The molecule has 0 aliphatic rings. The molecule has 0 fully saturated rings. The average molecular weight is 525 g/mol. The van der Waals surface area contributed by atoms with Crippen molar-refractivity contribution in [2.75, 3.05) is 13.2 Å². The van der Waals surface area contributed by atoms with Gasteiger partial charge in [-0.05, 0) is 43.7 Å². The smallest absolute Gasteiger partial charge is 0.338 e. The van der Waals surface area contributed by atoms with Crippen LogP contribution in [-0.4, -0.2) is 36.0 Å². The fraction of sp³-hybridized carbons (Fsp3) is 0.531. The summed E-state index contributed by atoms with van der Waals surface area (Å²) in [5.41, 5.74) is 1.44. The summed E-state index contributed by atoms with van der Waals surface area (Å²) in [6.45, 7) is 4.73. The van der Waals surface area contributed by atoms with E-state index in [0.29, 0.717) is 34.6 Å². The molecule has 0 spiro atoms. The maximum absolute atomic E-state index is 13.1. The minimum atomic E-state index is -0.992. The molecule has 0 aromatic heterocycles. The number of carbonyl (C=O) groups excluding carboxylic acids is 2. The average Bonchev–Trinajstić information content (AvgIpc) is 2.91. The first kappa shape index (κ1) is 31.1. The largest absolute Gasteiger partial charge is 0.493 e. The molecule has 2 rings (SSSR count). The van der Waals surface area contributed by atoms with Crippen LogP contribution in [0.1, 0.15) is 123 Å². The Bertz CT molecular complexity index is 1010. The van der Waals surface area contributed by atoms with Crippen LogP contribution >= 0.6 is 0 Å². The molecule has 0 saturated heterocycles. The monoisotopic (exact) mass is 524 g/mol. The van der Waals surface area contributed by atoms with Crippen molar-refractivity contribution in [1.29, 1.82) is 0 Å². The Balaban J connectivity index is 1.84. The summed E-state index contributed by atoms with van der Waals surface area (Å²) in [6.07, 6.45) is 14.9. The minimum Gasteiger partial charge on any atom is -0.493 e. The Kier molecular flexibility index (Phi) is 14.8. The normalized spacial score (nSPS) is 10.8. The maximum Gasteiger partial charge on any atom is 0.338 e. The first-order valence-corrected chi connectivity index (χ1v) is 14.3. The molecule has 0 radical (unpaired) electrons. The molecule has 6 nitrogen and oxygen atoms in total. The Hall–Kier alpha value is -3.15. The van der Waals surface area contributed by atoms with Gasteiger partial charge in [-0.1, -0.05) is 89.7 Å².